The van der Waals surface area contributed by atoms with Crippen LogP contribution in [-0.2, 0) is 11.3 Å². The minimum Gasteiger partial charge on any atom is -0.369 e. The quantitative estimate of drug-likeness (QED) is 0.486. The highest BCUT2D eigenvalue weighted by Crippen LogP contribution is 2.20. The molecule has 1 aliphatic heterocycles. The Hall–Kier alpha value is -2.44. The molecule has 2 aromatic carbocycles. The topological polar surface area (TPSA) is 47.6 Å². The molecule has 1 amide bonds. The summed E-state index contributed by atoms with van der Waals surface area (Å²) in [5, 5.41) is 6.22. The van der Waals surface area contributed by atoms with Crippen LogP contribution >= 0.6 is 12.2 Å². The molecule has 2 aromatic rings. The predicted molar refractivity (Wildman–Crippen MR) is 129 cm³/mol. The Morgan fingerprint density at radius 2 is 1.67 bits per heavy atom. The molecule has 0 spiro atoms. The van der Waals surface area contributed by atoms with E-state index in [2.05, 4.69) is 69.8 Å². The number of rotatable bonds is 8. The summed E-state index contributed by atoms with van der Waals surface area (Å²) >= 11 is 5.26. The number of carbonyl (C=O) groups excluding carboxylic acids is 1. The molecule has 6 heteroatoms. The van der Waals surface area contributed by atoms with E-state index < -0.39 is 0 Å². The molecule has 5 nitrogen and oxygen atoms in total. The summed E-state index contributed by atoms with van der Waals surface area (Å²) in [5.41, 5.74) is 3.48. The van der Waals surface area contributed by atoms with E-state index in [0.717, 1.165) is 57.7 Å². The van der Waals surface area contributed by atoms with Crippen LogP contribution < -0.4 is 15.5 Å². The maximum atomic E-state index is 11.9. The average molecular weight is 425 g/mol. The van der Waals surface area contributed by atoms with Gasteiger partial charge in [0.05, 0.1) is 0 Å². The third-order valence-corrected chi connectivity index (χ3v) is 5.58. The van der Waals surface area contributed by atoms with Crippen molar-refractivity contribution in [3.63, 3.8) is 0 Å². The number of nitrogens with zero attached hydrogens (tertiary/aromatic N) is 2. The molecule has 0 saturated carbocycles. The van der Waals surface area contributed by atoms with Gasteiger partial charge in [0.15, 0.2) is 5.11 Å². The Labute approximate surface area is 185 Å². The van der Waals surface area contributed by atoms with Crippen LogP contribution in [0.3, 0.4) is 0 Å². The van der Waals surface area contributed by atoms with Crippen LogP contribution in [0, 0.1) is 0 Å². The van der Waals surface area contributed by atoms with Crippen LogP contribution in [0.5, 0.6) is 0 Å². The van der Waals surface area contributed by atoms with Crippen LogP contribution in [0.4, 0.5) is 11.4 Å². The van der Waals surface area contributed by atoms with Gasteiger partial charge in [-0.3, -0.25) is 9.69 Å². The highest BCUT2D eigenvalue weighted by atomic mass is 32.1. The lowest BCUT2D eigenvalue weighted by Crippen LogP contribution is -2.45. The Kier molecular flexibility index (Phi) is 8.66. The van der Waals surface area contributed by atoms with Crippen molar-refractivity contribution < 1.29 is 4.79 Å². The number of benzene rings is 2. The fourth-order valence-electron chi connectivity index (χ4n) is 3.65. The minimum absolute atomic E-state index is 0.0223. The zero-order valence-electron chi connectivity index (χ0n) is 17.8. The molecule has 0 unspecified atom stereocenters. The Morgan fingerprint density at radius 1 is 0.967 bits per heavy atom. The lowest BCUT2D eigenvalue weighted by atomic mass is 10.2. The third-order valence-electron chi connectivity index (χ3n) is 5.37. The fraction of sp³-hybridized carbons (Fsp3) is 0.417. The van der Waals surface area contributed by atoms with Gasteiger partial charge >= 0.3 is 0 Å². The maximum Gasteiger partial charge on any atom is 0.226 e. The van der Waals surface area contributed by atoms with Crippen LogP contribution in [-0.4, -0.2) is 42.1 Å². The number of hydrogen-bond acceptors (Lipinski definition) is 4. The molecule has 0 aromatic heterocycles. The molecule has 0 atom stereocenters. The Morgan fingerprint density at radius 3 is 2.33 bits per heavy atom. The Bertz CT molecular complexity index is 802. The first-order valence-electron chi connectivity index (χ1n) is 10.9. The van der Waals surface area contributed by atoms with E-state index in [-0.39, 0.29) is 5.91 Å². The number of amides is 1. The van der Waals surface area contributed by atoms with Crippen LogP contribution in [0.15, 0.2) is 54.6 Å². The number of anilines is 2. The molecule has 1 fully saturated rings. The first kappa shape index (κ1) is 22.2. The van der Waals surface area contributed by atoms with Crippen molar-refractivity contribution >= 4 is 34.6 Å². The molecule has 3 rings (SSSR count). The number of nitrogens with one attached hydrogen (secondary N) is 2. The number of hydrogen-bond donors (Lipinski definition) is 2. The van der Waals surface area contributed by atoms with Gasteiger partial charge in [0.2, 0.25) is 5.91 Å². The van der Waals surface area contributed by atoms with Gasteiger partial charge in [0.1, 0.15) is 0 Å². The fourth-order valence-corrected chi connectivity index (χ4v) is 3.88. The number of piperazine rings is 1. The second-order valence-electron chi connectivity index (χ2n) is 7.76. The summed E-state index contributed by atoms with van der Waals surface area (Å²) in [7, 11) is 0. The van der Waals surface area contributed by atoms with Crippen molar-refractivity contribution in [1.82, 2.24) is 10.2 Å². The smallest absolute Gasteiger partial charge is 0.226 e. The summed E-state index contributed by atoms with van der Waals surface area (Å²) in [4.78, 5) is 16.8. The zero-order chi connectivity index (χ0) is 21.2. The second kappa shape index (κ2) is 11.7. The largest absolute Gasteiger partial charge is 0.369 e. The van der Waals surface area contributed by atoms with E-state index in [9.17, 15) is 4.79 Å². The maximum absolute atomic E-state index is 11.9. The van der Waals surface area contributed by atoms with Gasteiger partial charge in [-0.2, -0.15) is 0 Å². The van der Waals surface area contributed by atoms with E-state index in [1.807, 2.05) is 12.1 Å². The molecule has 2 N–H and O–H groups in total. The molecular weight excluding hydrogens is 392 g/mol. The van der Waals surface area contributed by atoms with E-state index in [4.69, 9.17) is 12.2 Å². The second-order valence-corrected chi connectivity index (χ2v) is 8.16. The molecule has 0 bridgehead atoms. The SMILES string of the molecule is CCCCCC(=O)NC(=S)Nc1ccc(N2CCN(Cc3ccccc3)CC2)cc1. The van der Waals surface area contributed by atoms with Gasteiger partial charge in [-0.15, -0.1) is 0 Å². The predicted octanol–water partition coefficient (Wildman–Crippen LogP) is 4.40. The standard InChI is InChI=1S/C24H32N4OS/c1-2-3-5-10-23(29)26-24(30)25-21-11-13-22(14-12-21)28-17-15-27(16-18-28)19-20-8-6-4-7-9-20/h4,6-9,11-14H,2-3,5,10,15-19H2,1H3,(H2,25,26,29,30). The van der Waals surface area contributed by atoms with Crippen molar-refractivity contribution in [3.05, 3.63) is 60.2 Å². The Balaban J connectivity index is 1.42. The molecular formula is C24H32N4OS. The molecule has 160 valence electrons. The summed E-state index contributed by atoms with van der Waals surface area (Å²) in [6.45, 7) is 7.29. The zero-order valence-corrected chi connectivity index (χ0v) is 18.6. The van der Waals surface area contributed by atoms with Crippen molar-refractivity contribution in [1.29, 1.82) is 0 Å². The van der Waals surface area contributed by atoms with Gasteiger partial charge in [-0.1, -0.05) is 50.1 Å². The highest BCUT2D eigenvalue weighted by Gasteiger charge is 2.17. The van der Waals surface area contributed by atoms with Crippen molar-refractivity contribution in [2.45, 2.75) is 39.2 Å². The third kappa shape index (κ3) is 7.11. The summed E-state index contributed by atoms with van der Waals surface area (Å²) in [5.74, 6) is -0.0223. The van der Waals surface area contributed by atoms with Gasteiger partial charge in [0, 0.05) is 50.5 Å². The molecule has 1 saturated heterocycles. The van der Waals surface area contributed by atoms with Gasteiger partial charge in [-0.25, -0.2) is 0 Å². The monoisotopic (exact) mass is 424 g/mol. The summed E-state index contributed by atoms with van der Waals surface area (Å²) in [6, 6.07) is 18.9. The van der Waals surface area contributed by atoms with E-state index in [0.29, 0.717) is 11.5 Å². The number of carbonyl (C=O) groups is 1. The van der Waals surface area contributed by atoms with Crippen LogP contribution in [0.25, 0.3) is 0 Å². The minimum atomic E-state index is -0.0223. The van der Waals surface area contributed by atoms with Gasteiger partial charge in [-0.05, 0) is 48.5 Å². The average Bonchev–Trinajstić information content (AvgIpc) is 2.76. The lowest BCUT2D eigenvalue weighted by Gasteiger charge is -2.36. The molecule has 0 aliphatic carbocycles. The van der Waals surface area contributed by atoms with Gasteiger partial charge < -0.3 is 15.5 Å². The lowest BCUT2D eigenvalue weighted by molar-refractivity contribution is -0.119. The number of thiocarbonyl (C=S) groups is 1. The van der Waals surface area contributed by atoms with E-state index in [1.165, 1.54) is 11.3 Å². The van der Waals surface area contributed by atoms with Crippen molar-refractivity contribution in [3.8, 4) is 0 Å². The van der Waals surface area contributed by atoms with E-state index in [1.54, 1.807) is 0 Å². The van der Waals surface area contributed by atoms with Crippen LogP contribution in [0.1, 0.15) is 38.2 Å². The molecule has 1 aliphatic rings. The van der Waals surface area contributed by atoms with Crippen molar-refractivity contribution in [2.24, 2.45) is 0 Å². The molecule has 0 radical (unpaired) electrons. The first-order chi connectivity index (χ1) is 14.6. The number of unbranched alkanes of at least 4 members (excludes halogenated alkanes) is 2. The molecule has 1 heterocycles. The normalized spacial score (nSPS) is 14.4. The van der Waals surface area contributed by atoms with Crippen LogP contribution in [0.2, 0.25) is 0 Å². The van der Waals surface area contributed by atoms with E-state index >= 15 is 0 Å². The van der Waals surface area contributed by atoms with Gasteiger partial charge in [0.25, 0.3) is 0 Å². The van der Waals surface area contributed by atoms with Crippen molar-refractivity contribution in [2.75, 3.05) is 36.4 Å². The summed E-state index contributed by atoms with van der Waals surface area (Å²) < 4.78 is 0. The first-order valence-corrected chi connectivity index (χ1v) is 11.3. The molecule has 30 heavy (non-hydrogen) atoms. The summed E-state index contributed by atoms with van der Waals surface area (Å²) in [6.07, 6.45) is 3.59. The highest BCUT2D eigenvalue weighted by molar-refractivity contribution is 7.80.